The molecule has 0 radical (unpaired) electrons. The van der Waals surface area contributed by atoms with E-state index < -0.39 is 23.9 Å². The molecule has 0 aromatic carbocycles. The second-order valence-electron chi connectivity index (χ2n) is 4.61. The van der Waals surface area contributed by atoms with E-state index in [2.05, 4.69) is 25.6 Å². The van der Waals surface area contributed by atoms with Crippen LogP contribution in [-0.4, -0.2) is 36.9 Å². The molecule has 0 unspecified atom stereocenters. The minimum atomic E-state index is -4.72. The minimum Gasteiger partial charge on any atom is -0.368 e. The lowest BCUT2D eigenvalue weighted by Crippen LogP contribution is -2.31. The third-order valence-corrected chi connectivity index (χ3v) is 2.41. The third-order valence-electron chi connectivity index (χ3n) is 2.41. The molecule has 0 spiro atoms. The smallest absolute Gasteiger partial charge is 0.368 e. The summed E-state index contributed by atoms with van der Waals surface area (Å²) < 4.78 is 38.2. The number of alkyl halides is 3. The van der Waals surface area contributed by atoms with Gasteiger partial charge in [0.25, 0.3) is 11.7 Å². The number of hydrogen-bond acceptors (Lipinski definition) is 6. The first-order chi connectivity index (χ1) is 10.2. The number of nitrogens with zero attached hydrogens (tertiary/aromatic N) is 5. The van der Waals surface area contributed by atoms with Crippen molar-refractivity contribution >= 4 is 11.9 Å². The Morgan fingerprint density at radius 3 is 2.45 bits per heavy atom. The zero-order valence-electron chi connectivity index (χ0n) is 11.6. The molecule has 0 bridgehead atoms. The van der Waals surface area contributed by atoms with Crippen molar-refractivity contribution in [3.05, 3.63) is 23.7 Å². The first kappa shape index (κ1) is 15.7. The highest BCUT2D eigenvalue weighted by atomic mass is 19.4. The summed E-state index contributed by atoms with van der Waals surface area (Å²) in [5.74, 6) is -2.40. The predicted octanol–water partition coefficient (Wildman–Crippen LogP) is 0.796. The van der Waals surface area contributed by atoms with Crippen LogP contribution < -0.4 is 11.1 Å². The molecule has 0 aliphatic carbocycles. The lowest BCUT2D eigenvalue weighted by Gasteiger charge is -2.07. The number of carbonyl (C=O) groups is 1. The van der Waals surface area contributed by atoms with Gasteiger partial charge in [-0.3, -0.25) is 4.79 Å². The van der Waals surface area contributed by atoms with E-state index in [4.69, 9.17) is 5.73 Å². The molecule has 0 atom stereocenters. The fraction of sp³-hybridized carbons (Fsp3) is 0.364. The highest BCUT2D eigenvalue weighted by molar-refractivity contribution is 5.92. The van der Waals surface area contributed by atoms with Gasteiger partial charge in [-0.1, -0.05) is 0 Å². The van der Waals surface area contributed by atoms with Gasteiger partial charge in [0, 0.05) is 6.04 Å². The maximum absolute atomic E-state index is 12.5. The molecule has 2 rings (SSSR count). The summed E-state index contributed by atoms with van der Waals surface area (Å²) in [5.41, 5.74) is 5.40. The van der Waals surface area contributed by atoms with E-state index in [0.29, 0.717) is 4.68 Å². The van der Waals surface area contributed by atoms with Gasteiger partial charge in [0.1, 0.15) is 0 Å². The number of anilines is 1. The van der Waals surface area contributed by atoms with Crippen LogP contribution in [0.1, 0.15) is 30.2 Å². The second kappa shape index (κ2) is 5.58. The van der Waals surface area contributed by atoms with Crippen molar-refractivity contribution in [2.75, 3.05) is 5.73 Å². The average molecular weight is 315 g/mol. The fourth-order valence-corrected chi connectivity index (χ4v) is 1.51. The van der Waals surface area contributed by atoms with Crippen LogP contribution in [0.15, 0.2) is 12.1 Å². The number of nitrogens with one attached hydrogen (secondary N) is 1. The molecule has 11 heteroatoms. The van der Waals surface area contributed by atoms with Crippen molar-refractivity contribution in [1.29, 1.82) is 0 Å². The van der Waals surface area contributed by atoms with Gasteiger partial charge >= 0.3 is 6.18 Å². The monoisotopic (exact) mass is 315 g/mol. The lowest BCUT2D eigenvalue weighted by molar-refractivity contribution is -0.144. The van der Waals surface area contributed by atoms with Gasteiger partial charge in [-0.2, -0.15) is 22.8 Å². The standard InChI is InChI=1S/C11H12F3N7O/c1-5(2)16-8(22)6-3-4-7(19-18-6)21-10(15)17-9(20-21)11(12,13)14/h3-5H,1-2H3,(H,16,22)(H2,15,17,20). The number of halogens is 3. The van der Waals surface area contributed by atoms with Gasteiger partial charge in [0.05, 0.1) is 0 Å². The number of rotatable bonds is 3. The van der Waals surface area contributed by atoms with Crippen LogP contribution in [0.2, 0.25) is 0 Å². The molecular weight excluding hydrogens is 303 g/mol. The Morgan fingerprint density at radius 1 is 1.32 bits per heavy atom. The lowest BCUT2D eigenvalue weighted by atomic mass is 10.3. The molecule has 0 saturated heterocycles. The molecule has 1 amide bonds. The number of nitrogen functional groups attached to an aromatic ring is 1. The number of carbonyl (C=O) groups excluding carboxylic acids is 1. The summed E-state index contributed by atoms with van der Waals surface area (Å²) in [5, 5.41) is 13.1. The van der Waals surface area contributed by atoms with E-state index in [0.717, 1.165) is 0 Å². The van der Waals surface area contributed by atoms with Crippen molar-refractivity contribution in [1.82, 2.24) is 30.3 Å². The van der Waals surface area contributed by atoms with Gasteiger partial charge in [-0.25, -0.2) is 0 Å². The Labute approximate surface area is 122 Å². The van der Waals surface area contributed by atoms with Crippen molar-refractivity contribution in [3.8, 4) is 5.82 Å². The van der Waals surface area contributed by atoms with Crippen LogP contribution in [0.3, 0.4) is 0 Å². The molecule has 8 nitrogen and oxygen atoms in total. The highest BCUT2D eigenvalue weighted by Crippen LogP contribution is 2.27. The van der Waals surface area contributed by atoms with Crippen molar-refractivity contribution in [2.24, 2.45) is 0 Å². The van der Waals surface area contributed by atoms with E-state index in [1.165, 1.54) is 12.1 Å². The first-order valence-electron chi connectivity index (χ1n) is 6.13. The molecule has 3 N–H and O–H groups in total. The molecule has 0 fully saturated rings. The number of aromatic nitrogens is 5. The molecular formula is C11H12F3N7O. The van der Waals surface area contributed by atoms with E-state index in [9.17, 15) is 18.0 Å². The average Bonchev–Trinajstić information content (AvgIpc) is 2.80. The number of nitrogens with two attached hydrogens (primary N) is 1. The molecule has 0 aliphatic heterocycles. The summed E-state index contributed by atoms with van der Waals surface area (Å²) >= 11 is 0. The Hall–Kier alpha value is -2.72. The van der Waals surface area contributed by atoms with Crippen LogP contribution in [0, 0.1) is 0 Å². The Morgan fingerprint density at radius 2 is 2.00 bits per heavy atom. The highest BCUT2D eigenvalue weighted by Gasteiger charge is 2.37. The van der Waals surface area contributed by atoms with Gasteiger partial charge in [-0.05, 0) is 26.0 Å². The van der Waals surface area contributed by atoms with Gasteiger partial charge in [-0.15, -0.1) is 15.3 Å². The molecule has 22 heavy (non-hydrogen) atoms. The largest absolute Gasteiger partial charge is 0.453 e. The summed E-state index contributed by atoms with van der Waals surface area (Å²) in [6, 6.07) is 2.48. The van der Waals surface area contributed by atoms with Crippen LogP contribution >= 0.6 is 0 Å². The van der Waals surface area contributed by atoms with Crippen LogP contribution in [-0.2, 0) is 6.18 Å². The van der Waals surface area contributed by atoms with E-state index in [1.807, 2.05) is 0 Å². The Kier molecular flexibility index (Phi) is 3.97. The van der Waals surface area contributed by atoms with Crippen molar-refractivity contribution in [3.63, 3.8) is 0 Å². The predicted molar refractivity (Wildman–Crippen MR) is 69.0 cm³/mol. The first-order valence-corrected chi connectivity index (χ1v) is 6.13. The van der Waals surface area contributed by atoms with E-state index in [-0.39, 0.29) is 17.6 Å². The molecule has 2 aromatic heterocycles. The molecule has 118 valence electrons. The maximum atomic E-state index is 12.5. The Balaban J connectivity index is 2.28. The van der Waals surface area contributed by atoms with Crippen LogP contribution in [0.5, 0.6) is 0 Å². The van der Waals surface area contributed by atoms with E-state index >= 15 is 0 Å². The van der Waals surface area contributed by atoms with Crippen molar-refractivity contribution in [2.45, 2.75) is 26.1 Å². The molecule has 2 aromatic rings. The minimum absolute atomic E-state index is 0.0205. The zero-order valence-corrected chi connectivity index (χ0v) is 11.6. The summed E-state index contributed by atoms with van der Waals surface area (Å²) in [7, 11) is 0. The summed E-state index contributed by atoms with van der Waals surface area (Å²) in [4.78, 5) is 14.8. The van der Waals surface area contributed by atoms with Gasteiger partial charge < -0.3 is 11.1 Å². The number of hydrogen-bond donors (Lipinski definition) is 2. The zero-order chi connectivity index (χ0) is 16.5. The normalized spacial score (nSPS) is 11.7. The molecule has 2 heterocycles. The topological polar surface area (TPSA) is 112 Å². The van der Waals surface area contributed by atoms with Crippen molar-refractivity contribution < 1.29 is 18.0 Å². The quantitative estimate of drug-likeness (QED) is 0.866. The SMILES string of the molecule is CC(C)NC(=O)c1ccc(-n2nc(C(F)(F)F)nc2N)nn1. The van der Waals surface area contributed by atoms with Crippen LogP contribution in [0.4, 0.5) is 19.1 Å². The number of amides is 1. The second-order valence-corrected chi connectivity index (χ2v) is 4.61. The maximum Gasteiger partial charge on any atom is 0.453 e. The summed E-state index contributed by atoms with van der Waals surface area (Å²) in [6.07, 6.45) is -4.72. The van der Waals surface area contributed by atoms with E-state index in [1.54, 1.807) is 13.8 Å². The summed E-state index contributed by atoms with van der Waals surface area (Å²) in [6.45, 7) is 3.54. The van der Waals surface area contributed by atoms with Gasteiger partial charge in [0.15, 0.2) is 11.5 Å². The third kappa shape index (κ3) is 3.30. The van der Waals surface area contributed by atoms with Crippen LogP contribution in [0.25, 0.3) is 5.82 Å². The molecule has 0 aliphatic rings. The molecule has 0 saturated carbocycles. The Bertz CT molecular complexity index is 678. The van der Waals surface area contributed by atoms with Gasteiger partial charge in [0.2, 0.25) is 5.95 Å². The fourth-order valence-electron chi connectivity index (χ4n) is 1.51.